The van der Waals surface area contributed by atoms with Crippen LogP contribution in [0.4, 0.5) is 0 Å². The van der Waals surface area contributed by atoms with Gasteiger partial charge in [-0.2, -0.15) is 0 Å². The van der Waals surface area contributed by atoms with Crippen molar-refractivity contribution < 1.29 is 19.4 Å². The molecular weight excluding hydrogens is 222 g/mol. The van der Waals surface area contributed by atoms with Gasteiger partial charge in [0.2, 0.25) is 0 Å². The van der Waals surface area contributed by atoms with Crippen LogP contribution in [0, 0.1) is 0 Å². The van der Waals surface area contributed by atoms with Crippen molar-refractivity contribution in [3.05, 3.63) is 35.9 Å². The van der Waals surface area contributed by atoms with Gasteiger partial charge in [0.1, 0.15) is 6.04 Å². The largest absolute Gasteiger partial charge is 0.480 e. The van der Waals surface area contributed by atoms with Gasteiger partial charge in [0.15, 0.2) is 0 Å². The third kappa shape index (κ3) is 7.08. The first-order chi connectivity index (χ1) is 7.99. The second kappa shape index (κ2) is 8.29. The number of benzene rings is 1. The van der Waals surface area contributed by atoms with Crippen molar-refractivity contribution in [2.45, 2.75) is 19.9 Å². The highest BCUT2D eigenvalue weighted by Crippen LogP contribution is 2.08. The molecule has 1 atom stereocenters. The topological polar surface area (TPSA) is 89.6 Å². The Bertz CT molecular complexity index is 351. The first-order valence-corrected chi connectivity index (χ1v) is 5.15. The summed E-state index contributed by atoms with van der Waals surface area (Å²) in [5.74, 6) is -1.21. The van der Waals surface area contributed by atoms with Crippen molar-refractivity contribution in [1.29, 1.82) is 0 Å². The summed E-state index contributed by atoms with van der Waals surface area (Å²) in [7, 11) is 0. The maximum Gasteiger partial charge on any atom is 0.325 e. The Hall–Kier alpha value is -1.88. The van der Waals surface area contributed by atoms with Gasteiger partial charge in [-0.25, -0.2) is 0 Å². The second-order valence-electron chi connectivity index (χ2n) is 3.15. The summed E-state index contributed by atoms with van der Waals surface area (Å²) in [5.41, 5.74) is 5.96. The molecule has 0 heterocycles. The van der Waals surface area contributed by atoms with Crippen molar-refractivity contribution >= 4 is 11.9 Å². The summed E-state index contributed by atoms with van der Waals surface area (Å²) in [5, 5.41) is 8.51. The first kappa shape index (κ1) is 15.1. The quantitative estimate of drug-likeness (QED) is 0.777. The summed E-state index contributed by atoms with van der Waals surface area (Å²) in [6, 6.07) is 7.82. The molecule has 0 saturated heterocycles. The fourth-order valence-electron chi connectivity index (χ4n) is 1.01. The molecule has 3 N–H and O–H groups in total. The number of hydrogen-bond donors (Lipinski definition) is 2. The Morgan fingerprint density at radius 3 is 2.18 bits per heavy atom. The lowest BCUT2D eigenvalue weighted by Gasteiger charge is -2.04. The van der Waals surface area contributed by atoms with Gasteiger partial charge in [-0.15, -0.1) is 0 Å². The zero-order valence-corrected chi connectivity index (χ0v) is 9.92. The number of carbonyl (C=O) groups is 2. The number of nitrogens with two attached hydrogens (primary N) is 1. The number of carboxylic acids is 1. The molecule has 0 aliphatic rings. The zero-order chi connectivity index (χ0) is 13.3. The summed E-state index contributed by atoms with van der Waals surface area (Å²) in [6.45, 7) is 3.65. The molecule has 0 bridgehead atoms. The Morgan fingerprint density at radius 1 is 1.35 bits per heavy atom. The van der Waals surface area contributed by atoms with Gasteiger partial charge in [0, 0.05) is 6.92 Å². The molecule has 0 amide bonds. The third-order valence-corrected chi connectivity index (χ3v) is 1.77. The van der Waals surface area contributed by atoms with Crippen molar-refractivity contribution in [1.82, 2.24) is 0 Å². The molecule has 1 aromatic rings. The summed E-state index contributed by atoms with van der Waals surface area (Å²) < 4.78 is 4.40. The van der Waals surface area contributed by atoms with E-state index < -0.39 is 12.0 Å². The van der Waals surface area contributed by atoms with E-state index in [-0.39, 0.29) is 5.97 Å². The van der Waals surface area contributed by atoms with Gasteiger partial charge in [-0.1, -0.05) is 30.3 Å². The monoisotopic (exact) mass is 239 g/mol. The molecule has 1 rings (SSSR count). The van der Waals surface area contributed by atoms with Gasteiger partial charge in [0.25, 0.3) is 0 Å². The Kier molecular flexibility index (Phi) is 7.38. The summed E-state index contributed by atoms with van der Waals surface area (Å²) in [6.07, 6.45) is 0. The van der Waals surface area contributed by atoms with Crippen LogP contribution in [0.15, 0.2) is 30.3 Å². The van der Waals surface area contributed by atoms with Crippen LogP contribution in [0.5, 0.6) is 0 Å². The van der Waals surface area contributed by atoms with E-state index in [1.165, 1.54) is 6.92 Å². The van der Waals surface area contributed by atoms with E-state index in [2.05, 4.69) is 4.74 Å². The number of esters is 1. The van der Waals surface area contributed by atoms with Crippen molar-refractivity contribution in [3.63, 3.8) is 0 Å². The number of hydrogen-bond acceptors (Lipinski definition) is 4. The minimum atomic E-state index is -1.00. The number of rotatable bonds is 3. The molecule has 1 aromatic carbocycles. The number of carbonyl (C=O) groups excluding carboxylic acids is 1. The number of aliphatic carboxylic acids is 1. The molecule has 0 unspecified atom stereocenters. The minimum Gasteiger partial charge on any atom is -0.480 e. The van der Waals surface area contributed by atoms with E-state index in [1.807, 2.05) is 6.07 Å². The molecule has 0 aromatic heterocycles. The predicted octanol–water partition coefficient (Wildman–Crippen LogP) is 1.34. The van der Waals surface area contributed by atoms with Crippen LogP contribution in [-0.4, -0.2) is 23.7 Å². The minimum absolute atomic E-state index is 0.211. The lowest BCUT2D eigenvalue weighted by atomic mass is 10.1. The van der Waals surface area contributed by atoms with Gasteiger partial charge in [-0.3, -0.25) is 9.59 Å². The Morgan fingerprint density at radius 2 is 1.88 bits per heavy atom. The normalized spacial score (nSPS) is 10.8. The fraction of sp³-hybridized carbons (Fsp3) is 0.333. The predicted molar refractivity (Wildman–Crippen MR) is 63.3 cm³/mol. The lowest BCUT2D eigenvalue weighted by molar-refractivity contribution is -0.140. The molecule has 0 spiro atoms. The highest BCUT2D eigenvalue weighted by atomic mass is 16.5. The SMILES string of the molecule is CCOC(C)=O.N[C@H](C(=O)O)c1ccccc1. The zero-order valence-electron chi connectivity index (χ0n) is 9.92. The molecular formula is C12H17NO4. The van der Waals surface area contributed by atoms with Crippen LogP contribution < -0.4 is 5.73 Å². The molecule has 94 valence electrons. The van der Waals surface area contributed by atoms with Crippen LogP contribution >= 0.6 is 0 Å². The molecule has 0 saturated carbocycles. The van der Waals surface area contributed by atoms with Crippen LogP contribution in [0.3, 0.4) is 0 Å². The van der Waals surface area contributed by atoms with Gasteiger partial charge < -0.3 is 15.6 Å². The van der Waals surface area contributed by atoms with E-state index >= 15 is 0 Å². The van der Waals surface area contributed by atoms with E-state index in [1.54, 1.807) is 31.2 Å². The Balaban J connectivity index is 0.000000366. The highest BCUT2D eigenvalue weighted by molar-refractivity contribution is 5.75. The molecule has 0 fully saturated rings. The van der Waals surface area contributed by atoms with Crippen LogP contribution in [-0.2, 0) is 14.3 Å². The Labute approximate surface area is 100 Å². The first-order valence-electron chi connectivity index (χ1n) is 5.15. The average Bonchev–Trinajstić information content (AvgIpc) is 2.29. The van der Waals surface area contributed by atoms with Gasteiger partial charge >= 0.3 is 11.9 Å². The third-order valence-electron chi connectivity index (χ3n) is 1.77. The maximum atomic E-state index is 10.4. The smallest absolute Gasteiger partial charge is 0.325 e. The second-order valence-corrected chi connectivity index (χ2v) is 3.15. The van der Waals surface area contributed by atoms with Crippen LogP contribution in [0.2, 0.25) is 0 Å². The summed E-state index contributed by atoms with van der Waals surface area (Å²) in [4.78, 5) is 20.2. The van der Waals surface area contributed by atoms with Crippen LogP contribution in [0.25, 0.3) is 0 Å². The van der Waals surface area contributed by atoms with Gasteiger partial charge in [0.05, 0.1) is 6.61 Å². The number of carboxylic acid groups (broad SMARTS) is 1. The number of ether oxygens (including phenoxy) is 1. The molecule has 17 heavy (non-hydrogen) atoms. The average molecular weight is 239 g/mol. The highest BCUT2D eigenvalue weighted by Gasteiger charge is 2.12. The summed E-state index contributed by atoms with van der Waals surface area (Å²) >= 11 is 0. The van der Waals surface area contributed by atoms with E-state index in [0.717, 1.165) is 0 Å². The van der Waals surface area contributed by atoms with Crippen LogP contribution in [0.1, 0.15) is 25.5 Å². The fourth-order valence-corrected chi connectivity index (χ4v) is 1.01. The van der Waals surface area contributed by atoms with Gasteiger partial charge in [-0.05, 0) is 12.5 Å². The lowest BCUT2D eigenvalue weighted by Crippen LogP contribution is -2.20. The maximum absolute atomic E-state index is 10.4. The van der Waals surface area contributed by atoms with Crippen molar-refractivity contribution in [3.8, 4) is 0 Å². The van der Waals surface area contributed by atoms with E-state index in [0.29, 0.717) is 12.2 Å². The van der Waals surface area contributed by atoms with E-state index in [9.17, 15) is 9.59 Å². The molecule has 5 heteroatoms. The van der Waals surface area contributed by atoms with E-state index in [4.69, 9.17) is 10.8 Å². The van der Waals surface area contributed by atoms with Crippen molar-refractivity contribution in [2.24, 2.45) is 5.73 Å². The standard InChI is InChI=1S/C8H9NO2.C4H8O2/c9-7(8(10)11)6-4-2-1-3-5-6;1-3-6-4(2)5/h1-5,7H,9H2,(H,10,11);3H2,1-2H3/t7-;/m0./s1. The molecule has 0 aliphatic carbocycles. The molecule has 5 nitrogen and oxygen atoms in total. The van der Waals surface area contributed by atoms with Crippen molar-refractivity contribution in [2.75, 3.05) is 6.61 Å². The molecule has 0 radical (unpaired) electrons. The molecule has 0 aliphatic heterocycles.